The molecule has 0 atom stereocenters. The van der Waals surface area contributed by atoms with Crippen LogP contribution in [0.2, 0.25) is 0 Å². The zero-order chi connectivity index (χ0) is 13.3. The summed E-state index contributed by atoms with van der Waals surface area (Å²) in [6.07, 6.45) is -4.39. The highest BCUT2D eigenvalue weighted by Crippen LogP contribution is 2.27. The molecule has 0 saturated carbocycles. The first-order valence-electron chi connectivity index (χ1n) is 5.40. The number of hydrogen-bond acceptors (Lipinski definition) is 3. The van der Waals surface area contributed by atoms with Crippen molar-refractivity contribution in [2.24, 2.45) is 5.92 Å². The van der Waals surface area contributed by atoms with E-state index in [1.54, 1.807) is 10.2 Å². The van der Waals surface area contributed by atoms with Crippen molar-refractivity contribution in [3.63, 3.8) is 0 Å². The molecule has 1 amide bonds. The molecular formula is C10H17F3N2O2. The van der Waals surface area contributed by atoms with E-state index >= 15 is 0 Å². The third-order valence-electron chi connectivity index (χ3n) is 2.92. The zero-order valence-corrected chi connectivity index (χ0v) is 9.84. The number of likely N-dealkylation sites (tertiary alicyclic amines) is 1. The van der Waals surface area contributed by atoms with Gasteiger partial charge >= 0.3 is 6.18 Å². The van der Waals surface area contributed by atoms with Crippen LogP contribution in [0.15, 0.2) is 0 Å². The number of aliphatic hydroxyl groups is 1. The highest BCUT2D eigenvalue weighted by molar-refractivity contribution is 5.78. The van der Waals surface area contributed by atoms with Gasteiger partial charge in [0, 0.05) is 13.1 Å². The van der Waals surface area contributed by atoms with Crippen molar-refractivity contribution >= 4 is 5.91 Å². The van der Waals surface area contributed by atoms with Gasteiger partial charge in [-0.2, -0.15) is 13.2 Å². The first-order valence-corrected chi connectivity index (χ1v) is 5.40. The van der Waals surface area contributed by atoms with Crippen molar-refractivity contribution in [2.45, 2.75) is 25.6 Å². The van der Waals surface area contributed by atoms with Gasteiger partial charge < -0.3 is 10.4 Å². The molecule has 0 spiro atoms. The number of amides is 1. The Kier molecular flexibility index (Phi) is 4.03. The summed E-state index contributed by atoms with van der Waals surface area (Å²) >= 11 is 0. The molecule has 1 saturated heterocycles. The van der Waals surface area contributed by atoms with E-state index in [-0.39, 0.29) is 12.5 Å². The van der Waals surface area contributed by atoms with Crippen LogP contribution in [-0.2, 0) is 4.79 Å². The Morgan fingerprint density at radius 1 is 1.47 bits per heavy atom. The Balaban J connectivity index is 2.23. The van der Waals surface area contributed by atoms with Crippen LogP contribution >= 0.6 is 0 Å². The smallest absolute Gasteiger partial charge is 0.387 e. The van der Waals surface area contributed by atoms with Crippen LogP contribution in [0.1, 0.15) is 13.8 Å². The topological polar surface area (TPSA) is 52.6 Å². The second-order valence-corrected chi connectivity index (χ2v) is 4.80. The summed E-state index contributed by atoms with van der Waals surface area (Å²) in [5.74, 6) is -0.606. The van der Waals surface area contributed by atoms with E-state index < -0.39 is 24.2 Å². The Bertz CT molecular complexity index is 286. The normalized spacial score (nSPS) is 20.2. The predicted octanol–water partition coefficient (Wildman–Crippen LogP) is 0.368. The molecule has 0 unspecified atom stereocenters. The molecule has 7 heteroatoms. The van der Waals surface area contributed by atoms with E-state index in [1.807, 2.05) is 13.8 Å². The lowest BCUT2D eigenvalue weighted by Gasteiger charge is -2.48. The van der Waals surface area contributed by atoms with Gasteiger partial charge in [0.2, 0.25) is 5.91 Å². The number of rotatable bonds is 4. The molecule has 1 fully saturated rings. The lowest BCUT2D eigenvalue weighted by molar-refractivity contribution is -0.149. The lowest BCUT2D eigenvalue weighted by Crippen LogP contribution is -2.65. The Labute approximate surface area is 97.8 Å². The summed E-state index contributed by atoms with van der Waals surface area (Å²) in [5.41, 5.74) is -0.815. The van der Waals surface area contributed by atoms with E-state index in [4.69, 9.17) is 0 Å². The third-order valence-corrected chi connectivity index (χ3v) is 2.92. The van der Waals surface area contributed by atoms with Crippen LogP contribution < -0.4 is 5.32 Å². The maximum atomic E-state index is 11.8. The molecule has 1 rings (SSSR count). The van der Waals surface area contributed by atoms with Gasteiger partial charge in [-0.15, -0.1) is 0 Å². The van der Waals surface area contributed by atoms with Crippen LogP contribution in [0.3, 0.4) is 0 Å². The fraction of sp³-hybridized carbons (Fsp3) is 0.900. The Hall–Kier alpha value is -0.820. The number of carbonyl (C=O) groups excluding carboxylic acids is 1. The van der Waals surface area contributed by atoms with Gasteiger partial charge in [0.1, 0.15) is 6.54 Å². The van der Waals surface area contributed by atoms with Crippen molar-refractivity contribution in [3.8, 4) is 0 Å². The van der Waals surface area contributed by atoms with Gasteiger partial charge in [-0.3, -0.25) is 9.69 Å². The average Bonchev–Trinajstić information content (AvgIpc) is 2.10. The van der Waals surface area contributed by atoms with Crippen molar-refractivity contribution in [3.05, 3.63) is 0 Å². The van der Waals surface area contributed by atoms with Gasteiger partial charge in [0.15, 0.2) is 0 Å². The summed E-state index contributed by atoms with van der Waals surface area (Å²) in [6.45, 7) is 2.95. The van der Waals surface area contributed by atoms with Gasteiger partial charge in [-0.05, 0) is 5.92 Å². The molecule has 1 aliphatic heterocycles. The van der Waals surface area contributed by atoms with E-state index in [2.05, 4.69) is 0 Å². The van der Waals surface area contributed by atoms with Gasteiger partial charge in [-0.25, -0.2) is 0 Å². The van der Waals surface area contributed by atoms with E-state index in [0.717, 1.165) is 0 Å². The summed E-state index contributed by atoms with van der Waals surface area (Å²) in [5, 5.41) is 11.7. The molecule has 4 nitrogen and oxygen atoms in total. The fourth-order valence-corrected chi connectivity index (χ4v) is 1.66. The number of carbonyl (C=O) groups is 1. The minimum Gasteiger partial charge on any atom is -0.387 e. The number of β-amino-alcohol motifs (C(OH)–C–C–N with tert-alkyl or cyclic N) is 1. The number of nitrogens with zero attached hydrogens (tertiary/aromatic N) is 1. The third kappa shape index (κ3) is 4.16. The molecular weight excluding hydrogens is 237 g/mol. The molecule has 100 valence electrons. The van der Waals surface area contributed by atoms with Crippen LogP contribution in [0.25, 0.3) is 0 Å². The van der Waals surface area contributed by atoms with Crippen molar-refractivity contribution in [2.75, 3.05) is 26.2 Å². The second kappa shape index (κ2) is 4.81. The fourth-order valence-electron chi connectivity index (χ4n) is 1.66. The minimum atomic E-state index is -4.39. The number of halogens is 3. The molecule has 0 aromatic rings. The Morgan fingerprint density at radius 2 is 2.00 bits per heavy atom. The molecule has 0 aromatic carbocycles. The molecule has 0 aliphatic carbocycles. The van der Waals surface area contributed by atoms with Gasteiger partial charge in [0.25, 0.3) is 0 Å². The van der Waals surface area contributed by atoms with Crippen molar-refractivity contribution in [1.29, 1.82) is 0 Å². The average molecular weight is 254 g/mol. The predicted molar refractivity (Wildman–Crippen MR) is 55.3 cm³/mol. The van der Waals surface area contributed by atoms with Crippen LogP contribution in [-0.4, -0.2) is 53.9 Å². The molecule has 1 aliphatic rings. The summed E-state index contributed by atoms with van der Waals surface area (Å²) < 4.78 is 35.4. The molecule has 0 bridgehead atoms. The number of alkyl halides is 3. The first kappa shape index (κ1) is 14.2. The van der Waals surface area contributed by atoms with E-state index in [0.29, 0.717) is 13.1 Å². The highest BCUT2D eigenvalue weighted by atomic mass is 19.4. The second-order valence-electron chi connectivity index (χ2n) is 4.80. The van der Waals surface area contributed by atoms with Gasteiger partial charge in [-0.1, -0.05) is 13.8 Å². The molecule has 2 N–H and O–H groups in total. The number of nitrogens with one attached hydrogen (secondary N) is 1. The van der Waals surface area contributed by atoms with Crippen molar-refractivity contribution in [1.82, 2.24) is 10.2 Å². The zero-order valence-electron chi connectivity index (χ0n) is 9.84. The minimum absolute atomic E-state index is 0.0667. The molecule has 0 aromatic heterocycles. The molecule has 0 radical (unpaired) electrons. The quantitative estimate of drug-likeness (QED) is 0.762. The first-order chi connectivity index (χ1) is 7.62. The van der Waals surface area contributed by atoms with Crippen molar-refractivity contribution < 1.29 is 23.1 Å². The maximum absolute atomic E-state index is 11.8. The molecule has 17 heavy (non-hydrogen) atoms. The Morgan fingerprint density at radius 3 is 2.41 bits per heavy atom. The van der Waals surface area contributed by atoms with E-state index in [9.17, 15) is 23.1 Å². The van der Waals surface area contributed by atoms with Crippen LogP contribution in [0.4, 0.5) is 13.2 Å². The maximum Gasteiger partial charge on any atom is 0.405 e. The van der Waals surface area contributed by atoms with Crippen LogP contribution in [0, 0.1) is 5.92 Å². The number of hydrogen-bond donors (Lipinski definition) is 2. The summed E-state index contributed by atoms with van der Waals surface area (Å²) in [7, 11) is 0. The highest BCUT2D eigenvalue weighted by Gasteiger charge is 2.44. The molecule has 1 heterocycles. The lowest BCUT2D eigenvalue weighted by atomic mass is 9.83. The SMILES string of the molecule is CC(C)C1(O)CN(CC(=O)NCC(F)(F)F)C1. The van der Waals surface area contributed by atoms with Gasteiger partial charge in [0.05, 0.1) is 12.1 Å². The summed E-state index contributed by atoms with van der Waals surface area (Å²) in [4.78, 5) is 12.8. The van der Waals surface area contributed by atoms with Crippen LogP contribution in [0.5, 0.6) is 0 Å². The monoisotopic (exact) mass is 254 g/mol. The van der Waals surface area contributed by atoms with E-state index in [1.165, 1.54) is 0 Å². The largest absolute Gasteiger partial charge is 0.405 e. The standard InChI is InChI=1S/C10H17F3N2O2/c1-7(2)9(17)5-15(6-9)3-8(16)14-4-10(11,12)13/h7,17H,3-6H2,1-2H3,(H,14,16). The summed E-state index contributed by atoms with van der Waals surface area (Å²) in [6, 6.07) is 0.